The highest BCUT2D eigenvalue weighted by molar-refractivity contribution is 5.79. The van der Waals surface area contributed by atoms with Gasteiger partial charge < -0.3 is 15.3 Å². The molecule has 0 spiro atoms. The van der Waals surface area contributed by atoms with Crippen LogP contribution in [0.2, 0.25) is 0 Å². The second-order valence-electron chi connectivity index (χ2n) is 6.86. The van der Waals surface area contributed by atoms with E-state index in [4.69, 9.17) is 5.11 Å². The molecule has 5 nitrogen and oxygen atoms in total. The fraction of sp³-hybridized carbons (Fsp3) is 0.857. The van der Waals surface area contributed by atoms with Gasteiger partial charge in [-0.3, -0.25) is 4.90 Å². The van der Waals surface area contributed by atoms with Gasteiger partial charge >= 0.3 is 5.97 Å². The maximum atomic E-state index is 10.1. The average Bonchev–Trinajstić information content (AvgIpc) is 2.56. The molecule has 156 valence electrons. The highest BCUT2D eigenvalue weighted by Crippen LogP contribution is 2.09. The summed E-state index contributed by atoms with van der Waals surface area (Å²) in [5.74, 6) is -0.838. The molecular formula is C21H43NO4. The van der Waals surface area contributed by atoms with Crippen molar-refractivity contribution in [3.8, 4) is 0 Å². The van der Waals surface area contributed by atoms with E-state index in [0.29, 0.717) is 0 Å². The standard InChI is InChI=1S/C13H24O2.C8H19NO2/c1-2-3-4-5-6-7-8-9-10-11-12-13(14)15;1-4-5-6-9(7(2)10)8(3)11/h11-12H,2-10H2,1H3,(H,14,15);7-8,10-11H,4-6H2,1-3H3. The Morgan fingerprint density at radius 2 is 1.31 bits per heavy atom. The van der Waals surface area contributed by atoms with E-state index in [1.807, 2.05) is 0 Å². The Kier molecular flexibility index (Phi) is 21.4. The van der Waals surface area contributed by atoms with Crippen molar-refractivity contribution < 1.29 is 20.1 Å². The fourth-order valence-electron chi connectivity index (χ4n) is 2.61. The van der Waals surface area contributed by atoms with Gasteiger partial charge in [-0.05, 0) is 33.1 Å². The van der Waals surface area contributed by atoms with Crippen LogP contribution in [0.4, 0.5) is 0 Å². The second-order valence-corrected chi connectivity index (χ2v) is 6.86. The minimum absolute atomic E-state index is 0.554. The van der Waals surface area contributed by atoms with E-state index in [9.17, 15) is 15.0 Å². The van der Waals surface area contributed by atoms with Crippen LogP contribution in [-0.4, -0.2) is 45.2 Å². The lowest BCUT2D eigenvalue weighted by molar-refractivity contribution is -0.131. The van der Waals surface area contributed by atoms with Crippen molar-refractivity contribution in [3.05, 3.63) is 12.2 Å². The molecule has 2 unspecified atom stereocenters. The smallest absolute Gasteiger partial charge is 0.327 e. The normalized spacial score (nSPS) is 13.5. The van der Waals surface area contributed by atoms with Crippen molar-refractivity contribution >= 4 is 5.97 Å². The zero-order chi connectivity index (χ0) is 20.2. The first-order valence-corrected chi connectivity index (χ1v) is 10.4. The number of rotatable bonds is 15. The summed E-state index contributed by atoms with van der Waals surface area (Å²) >= 11 is 0. The highest BCUT2D eigenvalue weighted by Gasteiger charge is 2.14. The quantitative estimate of drug-likeness (QED) is 0.216. The Labute approximate surface area is 161 Å². The molecule has 0 aromatic rings. The molecule has 0 aliphatic rings. The molecule has 0 bridgehead atoms. The maximum absolute atomic E-state index is 10.1. The summed E-state index contributed by atoms with van der Waals surface area (Å²) in [5, 5.41) is 26.7. The third kappa shape index (κ3) is 21.1. The lowest BCUT2D eigenvalue weighted by Crippen LogP contribution is -2.40. The predicted molar refractivity (Wildman–Crippen MR) is 109 cm³/mol. The fourth-order valence-corrected chi connectivity index (χ4v) is 2.61. The number of carboxylic acid groups (broad SMARTS) is 1. The molecule has 0 fully saturated rings. The Bertz CT molecular complexity index is 322. The number of hydrogen-bond donors (Lipinski definition) is 3. The number of allylic oxidation sites excluding steroid dienone is 1. The summed E-state index contributed by atoms with van der Waals surface area (Å²) < 4.78 is 0. The van der Waals surface area contributed by atoms with Gasteiger partial charge in [0.15, 0.2) is 0 Å². The van der Waals surface area contributed by atoms with Crippen LogP contribution in [-0.2, 0) is 4.79 Å². The van der Waals surface area contributed by atoms with Crippen LogP contribution in [0.15, 0.2) is 12.2 Å². The number of nitrogens with zero attached hydrogens (tertiary/aromatic N) is 1. The molecule has 2 atom stereocenters. The maximum Gasteiger partial charge on any atom is 0.327 e. The largest absolute Gasteiger partial charge is 0.478 e. The number of aliphatic hydroxyl groups excluding tert-OH is 2. The summed E-state index contributed by atoms with van der Waals surface area (Å²) in [6.45, 7) is 8.41. The number of hydrogen-bond acceptors (Lipinski definition) is 4. The zero-order valence-electron chi connectivity index (χ0n) is 17.5. The Morgan fingerprint density at radius 1 is 0.846 bits per heavy atom. The van der Waals surface area contributed by atoms with Crippen LogP contribution in [0.3, 0.4) is 0 Å². The number of aliphatic carboxylic acids is 1. The molecular weight excluding hydrogens is 330 g/mol. The van der Waals surface area contributed by atoms with E-state index in [1.165, 1.54) is 51.0 Å². The van der Waals surface area contributed by atoms with Crippen LogP contribution in [0.1, 0.15) is 98.3 Å². The van der Waals surface area contributed by atoms with Crippen molar-refractivity contribution in [2.45, 2.75) is 111 Å². The minimum Gasteiger partial charge on any atom is -0.478 e. The van der Waals surface area contributed by atoms with Crippen molar-refractivity contribution in [2.75, 3.05) is 6.54 Å². The Hall–Kier alpha value is -0.910. The predicted octanol–water partition coefficient (Wildman–Crippen LogP) is 4.92. The third-order valence-corrected chi connectivity index (χ3v) is 4.21. The monoisotopic (exact) mass is 373 g/mol. The van der Waals surface area contributed by atoms with Gasteiger partial charge in [0.05, 0.1) is 0 Å². The molecule has 0 saturated heterocycles. The van der Waals surface area contributed by atoms with Crippen LogP contribution in [0.5, 0.6) is 0 Å². The molecule has 26 heavy (non-hydrogen) atoms. The van der Waals surface area contributed by atoms with Gasteiger partial charge in [0, 0.05) is 12.6 Å². The topological polar surface area (TPSA) is 81.0 Å². The van der Waals surface area contributed by atoms with Gasteiger partial charge in [-0.25, -0.2) is 4.79 Å². The summed E-state index contributed by atoms with van der Waals surface area (Å²) in [5.41, 5.74) is 0. The lowest BCUT2D eigenvalue weighted by atomic mass is 10.1. The summed E-state index contributed by atoms with van der Waals surface area (Å²) in [6.07, 6.45) is 15.3. The first kappa shape index (κ1) is 27.3. The van der Waals surface area contributed by atoms with Gasteiger partial charge in [0.25, 0.3) is 0 Å². The van der Waals surface area contributed by atoms with E-state index >= 15 is 0 Å². The molecule has 5 heteroatoms. The number of carboxylic acids is 1. The van der Waals surface area contributed by atoms with Crippen molar-refractivity contribution in [2.24, 2.45) is 0 Å². The molecule has 0 saturated carbocycles. The van der Waals surface area contributed by atoms with Crippen molar-refractivity contribution in [1.29, 1.82) is 0 Å². The number of carbonyl (C=O) groups is 1. The molecule has 0 amide bonds. The van der Waals surface area contributed by atoms with Gasteiger partial charge in [-0.2, -0.15) is 0 Å². The number of aliphatic hydroxyl groups is 2. The summed E-state index contributed by atoms with van der Waals surface area (Å²) in [4.78, 5) is 11.8. The summed E-state index contributed by atoms with van der Waals surface area (Å²) in [7, 11) is 0. The SMILES string of the molecule is CCCCCCCCCCC=CC(=O)O.CCCCN(C(C)O)C(C)O. The zero-order valence-corrected chi connectivity index (χ0v) is 17.5. The average molecular weight is 374 g/mol. The highest BCUT2D eigenvalue weighted by atomic mass is 16.4. The first-order valence-electron chi connectivity index (χ1n) is 10.4. The molecule has 0 heterocycles. The molecule has 0 aliphatic heterocycles. The third-order valence-electron chi connectivity index (χ3n) is 4.21. The molecule has 0 aromatic carbocycles. The van der Waals surface area contributed by atoms with Gasteiger partial charge in [-0.1, -0.05) is 71.3 Å². The van der Waals surface area contributed by atoms with Gasteiger partial charge in [0.2, 0.25) is 0 Å². The van der Waals surface area contributed by atoms with Gasteiger partial charge in [-0.15, -0.1) is 0 Å². The molecule has 0 aromatic heterocycles. The van der Waals surface area contributed by atoms with E-state index < -0.39 is 18.4 Å². The van der Waals surface area contributed by atoms with E-state index in [0.717, 1.165) is 32.2 Å². The molecule has 0 rings (SSSR count). The Morgan fingerprint density at radius 3 is 1.73 bits per heavy atom. The second kappa shape index (κ2) is 20.4. The molecule has 0 radical (unpaired) electrons. The van der Waals surface area contributed by atoms with Crippen LogP contribution < -0.4 is 0 Å². The van der Waals surface area contributed by atoms with Crippen molar-refractivity contribution in [3.63, 3.8) is 0 Å². The van der Waals surface area contributed by atoms with Crippen LogP contribution in [0, 0.1) is 0 Å². The van der Waals surface area contributed by atoms with Gasteiger partial charge in [0.1, 0.15) is 12.5 Å². The van der Waals surface area contributed by atoms with Crippen LogP contribution in [0.25, 0.3) is 0 Å². The van der Waals surface area contributed by atoms with E-state index in [2.05, 4.69) is 13.8 Å². The van der Waals surface area contributed by atoms with Crippen molar-refractivity contribution in [1.82, 2.24) is 4.90 Å². The number of unbranched alkanes of at least 4 members (excludes halogenated alkanes) is 9. The van der Waals surface area contributed by atoms with E-state index in [-0.39, 0.29) is 0 Å². The van der Waals surface area contributed by atoms with Crippen LogP contribution >= 0.6 is 0 Å². The Balaban J connectivity index is 0. The molecule has 0 aliphatic carbocycles. The lowest BCUT2D eigenvalue weighted by Gasteiger charge is -2.27. The molecule has 3 N–H and O–H groups in total. The van der Waals surface area contributed by atoms with E-state index in [1.54, 1.807) is 24.8 Å². The first-order chi connectivity index (χ1) is 12.4. The summed E-state index contributed by atoms with van der Waals surface area (Å²) in [6, 6.07) is 0. The minimum atomic E-state index is -0.838.